The van der Waals surface area contributed by atoms with Gasteiger partial charge >= 0.3 is 0 Å². The predicted molar refractivity (Wildman–Crippen MR) is 157 cm³/mol. The van der Waals surface area contributed by atoms with E-state index in [1.54, 1.807) is 36.0 Å². The molecule has 1 aromatic heterocycles. The van der Waals surface area contributed by atoms with E-state index in [1.807, 2.05) is 12.5 Å². The minimum absolute atomic E-state index is 0.0448. The van der Waals surface area contributed by atoms with Crippen LogP contribution in [-0.4, -0.2) is 83.6 Å². The summed E-state index contributed by atoms with van der Waals surface area (Å²) in [5.74, 6) is 1.04. The molecule has 1 saturated heterocycles. The van der Waals surface area contributed by atoms with Crippen LogP contribution in [0.25, 0.3) is 11.3 Å². The maximum atomic E-state index is 15.8. The number of hydrogen-bond acceptors (Lipinski definition) is 6. The minimum atomic E-state index is -0.525. The van der Waals surface area contributed by atoms with Crippen molar-refractivity contribution < 1.29 is 9.18 Å². The summed E-state index contributed by atoms with van der Waals surface area (Å²) in [5, 5.41) is 3.06. The molecule has 4 rings (SSSR count). The summed E-state index contributed by atoms with van der Waals surface area (Å²) in [6.45, 7) is 8.96. The van der Waals surface area contributed by atoms with E-state index >= 15 is 4.39 Å². The Kier molecular flexibility index (Phi) is 9.44. The normalized spacial score (nSPS) is 24.6. The molecule has 10 heteroatoms. The molecule has 1 amide bonds. The van der Waals surface area contributed by atoms with Gasteiger partial charge in [-0.25, -0.2) is 9.37 Å². The number of nitrogens with zero attached hydrogens (tertiary/aromatic N) is 5. The summed E-state index contributed by atoms with van der Waals surface area (Å²) < 4.78 is 15.8. The van der Waals surface area contributed by atoms with Gasteiger partial charge in [0.25, 0.3) is 0 Å². The van der Waals surface area contributed by atoms with Crippen LogP contribution >= 0.6 is 23.4 Å². The average Bonchev–Trinajstić information content (AvgIpc) is 2.89. The van der Waals surface area contributed by atoms with Gasteiger partial charge in [0.15, 0.2) is 0 Å². The van der Waals surface area contributed by atoms with Crippen LogP contribution in [0, 0.1) is 17.7 Å². The Balaban J connectivity index is 1.92. The van der Waals surface area contributed by atoms with Crippen LogP contribution in [0.4, 0.5) is 10.2 Å². The van der Waals surface area contributed by atoms with E-state index in [2.05, 4.69) is 47.9 Å². The van der Waals surface area contributed by atoms with E-state index < -0.39 is 5.82 Å². The van der Waals surface area contributed by atoms with Crippen molar-refractivity contribution >= 4 is 47.6 Å². The molecule has 0 spiro atoms. The van der Waals surface area contributed by atoms with Gasteiger partial charge < -0.3 is 15.1 Å². The van der Waals surface area contributed by atoms with Gasteiger partial charge in [-0.2, -0.15) is 0 Å². The van der Waals surface area contributed by atoms with E-state index in [9.17, 15) is 4.79 Å². The third kappa shape index (κ3) is 6.05. The third-order valence-electron chi connectivity index (χ3n) is 7.37. The molecular formula is C28H36ClFN6OS. The highest BCUT2D eigenvalue weighted by atomic mass is 35.5. The zero-order chi connectivity index (χ0) is 27.4. The van der Waals surface area contributed by atoms with Crippen LogP contribution in [0.5, 0.6) is 0 Å². The molecule has 0 bridgehead atoms. The number of piperazine rings is 1. The summed E-state index contributed by atoms with van der Waals surface area (Å²) in [5.41, 5.74) is 1.00. The molecule has 0 aliphatic carbocycles. The highest BCUT2D eigenvalue weighted by Gasteiger charge is 2.36. The number of nitrogens with one attached hydrogen (secondary N) is 1. The van der Waals surface area contributed by atoms with E-state index in [1.165, 1.54) is 6.07 Å². The van der Waals surface area contributed by atoms with E-state index in [4.69, 9.17) is 21.6 Å². The van der Waals surface area contributed by atoms with Crippen LogP contribution in [0.2, 0.25) is 5.02 Å². The lowest BCUT2D eigenvalue weighted by atomic mass is 9.84. The number of carbonyl (C=O) groups excluding carboxylic acids is 1. The number of benzene rings is 1. The lowest BCUT2D eigenvalue weighted by Crippen LogP contribution is -2.53. The topological polar surface area (TPSA) is 73.2 Å². The fourth-order valence-electron chi connectivity index (χ4n) is 5.31. The number of hydrogen-bond donors (Lipinski definition) is 1. The van der Waals surface area contributed by atoms with Gasteiger partial charge in [-0.1, -0.05) is 43.6 Å². The monoisotopic (exact) mass is 558 g/mol. The zero-order valence-electron chi connectivity index (χ0n) is 22.6. The van der Waals surface area contributed by atoms with Crippen molar-refractivity contribution in [3.05, 3.63) is 46.7 Å². The second-order valence-electron chi connectivity index (χ2n) is 10.3. The predicted octanol–water partition coefficient (Wildman–Crippen LogP) is 5.30. The molecule has 38 heavy (non-hydrogen) atoms. The highest BCUT2D eigenvalue weighted by Crippen LogP contribution is 2.35. The maximum Gasteiger partial charge on any atom is 0.212 e. The van der Waals surface area contributed by atoms with Crippen molar-refractivity contribution in [1.29, 1.82) is 0 Å². The van der Waals surface area contributed by atoms with Crippen molar-refractivity contribution in [1.82, 2.24) is 14.8 Å². The molecule has 204 valence electrons. The number of thioether (sulfide) groups is 1. The molecular weight excluding hydrogens is 523 g/mol. The summed E-state index contributed by atoms with van der Waals surface area (Å²) in [4.78, 5) is 30.9. The van der Waals surface area contributed by atoms with Crippen LogP contribution in [-0.2, 0) is 4.79 Å². The molecule has 1 aromatic carbocycles. The quantitative estimate of drug-likeness (QED) is 0.284. The van der Waals surface area contributed by atoms with Gasteiger partial charge in [-0.15, -0.1) is 11.8 Å². The lowest BCUT2D eigenvalue weighted by Gasteiger charge is -2.42. The Morgan fingerprint density at radius 1 is 1.32 bits per heavy atom. The standard InChI is InChI=1S/C28H36ClFN6OS/c1-17(2)19-10-11-31-28(38-5)25(19)34-27(36-13-12-35(4)15-18(36)3)21-14-23(30)24(33-26(21)32-16-37)20-8-6-7-9-22(20)29/h6-9,11,14,16-19,25,28H,10,12-13,15H2,1-5H3,(H,32,33,37)/b34-27+. The second kappa shape index (κ2) is 12.6. The van der Waals surface area contributed by atoms with Gasteiger partial charge in [0.1, 0.15) is 28.5 Å². The SMILES string of the molecule is CSC1N=CCC(C(C)C)C1/N=C(\c1cc(F)c(-c2ccccc2Cl)nc1NC=O)N1CCN(C)CC1C. The molecule has 1 N–H and O–H groups in total. The van der Waals surface area contributed by atoms with Gasteiger partial charge in [-0.05, 0) is 50.6 Å². The maximum absolute atomic E-state index is 15.8. The fraction of sp³-hybridized carbons (Fsp3) is 0.500. The van der Waals surface area contributed by atoms with Crippen molar-refractivity contribution in [2.75, 3.05) is 38.3 Å². The number of anilines is 1. The minimum Gasteiger partial charge on any atom is -0.351 e. The number of aromatic nitrogens is 1. The van der Waals surface area contributed by atoms with Crippen LogP contribution in [0.3, 0.4) is 0 Å². The van der Waals surface area contributed by atoms with E-state index in [0.717, 1.165) is 26.1 Å². The Labute approximate surface area is 234 Å². The molecule has 2 aliphatic heterocycles. The van der Waals surface area contributed by atoms with Crippen molar-refractivity contribution in [3.8, 4) is 11.3 Å². The molecule has 0 radical (unpaired) electrons. The number of amides is 1. The first-order chi connectivity index (χ1) is 18.2. The molecule has 3 heterocycles. The first kappa shape index (κ1) is 28.5. The van der Waals surface area contributed by atoms with Crippen LogP contribution < -0.4 is 5.32 Å². The molecule has 1 fully saturated rings. The first-order valence-electron chi connectivity index (χ1n) is 13.0. The largest absolute Gasteiger partial charge is 0.351 e. The lowest BCUT2D eigenvalue weighted by molar-refractivity contribution is -0.105. The molecule has 4 unspecified atom stereocenters. The number of amidine groups is 1. The summed E-state index contributed by atoms with van der Waals surface area (Å²) in [7, 11) is 2.10. The van der Waals surface area contributed by atoms with Crippen LogP contribution in [0.1, 0.15) is 32.8 Å². The van der Waals surface area contributed by atoms with Gasteiger partial charge in [0, 0.05) is 37.5 Å². The molecule has 7 nitrogen and oxygen atoms in total. The van der Waals surface area contributed by atoms with E-state index in [0.29, 0.717) is 34.3 Å². The number of halogens is 2. The Hall–Kier alpha value is -2.49. The van der Waals surface area contributed by atoms with Crippen molar-refractivity contribution in [3.63, 3.8) is 0 Å². The summed E-state index contributed by atoms with van der Waals surface area (Å²) >= 11 is 8.05. The van der Waals surface area contributed by atoms with Gasteiger partial charge in [-0.3, -0.25) is 14.8 Å². The zero-order valence-corrected chi connectivity index (χ0v) is 24.1. The summed E-state index contributed by atoms with van der Waals surface area (Å²) in [6.07, 6.45) is 5.46. The average molecular weight is 559 g/mol. The third-order valence-corrected chi connectivity index (χ3v) is 8.59. The second-order valence-corrected chi connectivity index (χ2v) is 11.7. The number of aliphatic imine (C=N–C) groups is 2. The molecule has 4 atom stereocenters. The number of rotatable bonds is 7. The Morgan fingerprint density at radius 3 is 2.74 bits per heavy atom. The number of carbonyl (C=O) groups is 1. The highest BCUT2D eigenvalue weighted by molar-refractivity contribution is 7.99. The smallest absolute Gasteiger partial charge is 0.212 e. The number of likely N-dealkylation sites (N-methyl/N-ethyl adjacent to an activating group) is 1. The Bertz CT molecular complexity index is 1210. The Morgan fingerprint density at radius 2 is 2.08 bits per heavy atom. The van der Waals surface area contributed by atoms with Gasteiger partial charge in [0.05, 0.1) is 16.6 Å². The first-order valence-corrected chi connectivity index (χ1v) is 14.6. The van der Waals surface area contributed by atoms with Crippen molar-refractivity contribution in [2.45, 2.75) is 44.6 Å². The van der Waals surface area contributed by atoms with E-state index in [-0.39, 0.29) is 34.9 Å². The van der Waals surface area contributed by atoms with Crippen molar-refractivity contribution in [2.24, 2.45) is 21.8 Å². The number of pyridine rings is 1. The summed E-state index contributed by atoms with van der Waals surface area (Å²) in [6, 6.07) is 8.42. The molecule has 2 aliphatic rings. The van der Waals surface area contributed by atoms with Crippen LogP contribution in [0.15, 0.2) is 40.3 Å². The fourth-order valence-corrected chi connectivity index (χ4v) is 6.29. The molecule has 0 saturated carbocycles. The van der Waals surface area contributed by atoms with Gasteiger partial charge in [0.2, 0.25) is 6.41 Å². The molecule has 2 aromatic rings.